The summed E-state index contributed by atoms with van der Waals surface area (Å²) in [7, 11) is 1.80. The van der Waals surface area contributed by atoms with Gasteiger partial charge >= 0.3 is 0 Å². The van der Waals surface area contributed by atoms with Crippen molar-refractivity contribution < 1.29 is 4.79 Å². The van der Waals surface area contributed by atoms with Crippen LogP contribution in [0.3, 0.4) is 0 Å². The van der Waals surface area contributed by atoms with Gasteiger partial charge < -0.3 is 9.88 Å². The Morgan fingerprint density at radius 3 is 2.62 bits per heavy atom. The van der Waals surface area contributed by atoms with Gasteiger partial charge in [-0.1, -0.05) is 59.2 Å². The minimum atomic E-state index is -0.353. The average Bonchev–Trinajstić information content (AvgIpc) is 2.69. The zero-order chi connectivity index (χ0) is 20.5. The van der Waals surface area contributed by atoms with Crippen LogP contribution < -0.4 is 10.9 Å². The predicted molar refractivity (Wildman–Crippen MR) is 117 cm³/mol. The largest absolute Gasteiger partial charge is 0.312 e. The van der Waals surface area contributed by atoms with Gasteiger partial charge in [-0.05, 0) is 35.4 Å². The van der Waals surface area contributed by atoms with Gasteiger partial charge in [0.15, 0.2) is 5.16 Å². The van der Waals surface area contributed by atoms with E-state index in [1.54, 1.807) is 23.7 Å². The quantitative estimate of drug-likeness (QED) is 0.460. The highest BCUT2D eigenvalue weighted by atomic mass is 35.5. The lowest BCUT2D eigenvalue weighted by atomic mass is 9.87. The van der Waals surface area contributed by atoms with E-state index in [1.165, 1.54) is 11.8 Å². The van der Waals surface area contributed by atoms with Crippen LogP contribution in [0.15, 0.2) is 58.5 Å². The lowest BCUT2D eigenvalue weighted by Gasteiger charge is -2.27. The van der Waals surface area contributed by atoms with Gasteiger partial charge in [-0.3, -0.25) is 9.59 Å². The van der Waals surface area contributed by atoms with E-state index in [1.807, 2.05) is 36.4 Å². The predicted octanol–water partition coefficient (Wildman–Crippen LogP) is 4.85. The fourth-order valence-electron chi connectivity index (χ4n) is 3.42. The Bertz CT molecular complexity index is 1150. The molecule has 1 amide bonds. The van der Waals surface area contributed by atoms with E-state index in [4.69, 9.17) is 23.2 Å². The van der Waals surface area contributed by atoms with Crippen molar-refractivity contribution in [2.45, 2.75) is 23.2 Å². The maximum absolute atomic E-state index is 12.9. The fraction of sp³-hybridized carbons (Fsp3) is 0.190. The van der Waals surface area contributed by atoms with Crippen LogP contribution >= 0.6 is 35.0 Å². The Labute approximate surface area is 182 Å². The first kappa shape index (κ1) is 20.0. The molecule has 1 aromatic heterocycles. The minimum absolute atomic E-state index is 0.135. The van der Waals surface area contributed by atoms with Crippen molar-refractivity contribution in [1.29, 1.82) is 0 Å². The fourth-order valence-corrected chi connectivity index (χ4v) is 4.67. The third-order valence-corrected chi connectivity index (χ3v) is 6.42. The molecule has 1 N–H and O–H groups in total. The molecule has 0 radical (unpaired) electrons. The molecule has 0 saturated heterocycles. The van der Waals surface area contributed by atoms with Crippen LogP contribution in [0, 0.1) is 0 Å². The Kier molecular flexibility index (Phi) is 5.67. The van der Waals surface area contributed by atoms with Gasteiger partial charge in [0.2, 0.25) is 5.91 Å². The second-order valence-corrected chi connectivity index (χ2v) is 8.61. The van der Waals surface area contributed by atoms with Gasteiger partial charge in [-0.25, -0.2) is 0 Å². The van der Waals surface area contributed by atoms with E-state index in [9.17, 15) is 9.59 Å². The highest BCUT2D eigenvalue weighted by Crippen LogP contribution is 2.36. The molecule has 0 aliphatic carbocycles. The van der Waals surface area contributed by atoms with E-state index in [-0.39, 0.29) is 23.8 Å². The number of nitrogens with one attached hydrogen (secondary N) is 1. The maximum Gasteiger partial charge on any atom is 0.279 e. The summed E-state index contributed by atoms with van der Waals surface area (Å²) in [5.74, 6) is 0.613. The van der Waals surface area contributed by atoms with Crippen molar-refractivity contribution in [3.63, 3.8) is 0 Å². The van der Waals surface area contributed by atoms with Crippen molar-refractivity contribution in [2.24, 2.45) is 7.05 Å². The number of carbonyl (C=O) groups excluding carboxylic acids is 1. The number of rotatable bonds is 4. The van der Waals surface area contributed by atoms with E-state index < -0.39 is 0 Å². The summed E-state index contributed by atoms with van der Waals surface area (Å²) in [4.78, 5) is 29.6. The number of anilines is 1. The molecule has 2 heterocycles. The van der Waals surface area contributed by atoms with Gasteiger partial charge in [-0.15, -0.1) is 0 Å². The Balaban J connectivity index is 1.71. The first-order valence-electron chi connectivity index (χ1n) is 8.96. The number of hydrogen-bond acceptors (Lipinski definition) is 4. The SMILES string of the molecule is Cn1c(SCc2cccc(Cl)c2)nc(=O)c2c1NC(=O)CC2c1ccc(Cl)cc1. The molecule has 3 aromatic rings. The zero-order valence-electron chi connectivity index (χ0n) is 15.5. The smallest absolute Gasteiger partial charge is 0.279 e. The summed E-state index contributed by atoms with van der Waals surface area (Å²) in [5.41, 5.74) is 2.06. The van der Waals surface area contributed by atoms with Gasteiger partial charge in [0.1, 0.15) is 5.82 Å². The van der Waals surface area contributed by atoms with Crippen LogP contribution in [0.5, 0.6) is 0 Å². The molecule has 148 valence electrons. The van der Waals surface area contributed by atoms with Gasteiger partial charge in [-0.2, -0.15) is 4.98 Å². The van der Waals surface area contributed by atoms with Gasteiger partial charge in [0, 0.05) is 35.2 Å². The Morgan fingerprint density at radius 1 is 1.14 bits per heavy atom. The molecule has 29 heavy (non-hydrogen) atoms. The van der Waals surface area contributed by atoms with Crippen LogP contribution in [0.4, 0.5) is 5.82 Å². The van der Waals surface area contributed by atoms with Crippen molar-refractivity contribution in [1.82, 2.24) is 9.55 Å². The number of nitrogens with zero attached hydrogens (tertiary/aromatic N) is 2. The monoisotopic (exact) mass is 445 g/mol. The second-order valence-electron chi connectivity index (χ2n) is 6.80. The Morgan fingerprint density at radius 2 is 1.90 bits per heavy atom. The third kappa shape index (κ3) is 4.20. The summed E-state index contributed by atoms with van der Waals surface area (Å²) in [6, 6.07) is 14.8. The lowest BCUT2D eigenvalue weighted by molar-refractivity contribution is -0.116. The number of carbonyl (C=O) groups is 1. The molecule has 4 rings (SSSR count). The van der Waals surface area contributed by atoms with Crippen LogP contribution in [-0.4, -0.2) is 15.5 Å². The number of thioether (sulfide) groups is 1. The normalized spacial score (nSPS) is 15.7. The van der Waals surface area contributed by atoms with E-state index in [0.717, 1.165) is 11.1 Å². The number of benzene rings is 2. The first-order valence-corrected chi connectivity index (χ1v) is 10.7. The van der Waals surface area contributed by atoms with Gasteiger partial charge in [0.25, 0.3) is 5.56 Å². The second kappa shape index (κ2) is 8.22. The summed E-state index contributed by atoms with van der Waals surface area (Å²) in [6.07, 6.45) is 0.195. The molecule has 5 nitrogen and oxygen atoms in total. The van der Waals surface area contributed by atoms with Crippen molar-refractivity contribution in [3.8, 4) is 0 Å². The van der Waals surface area contributed by atoms with Gasteiger partial charge in [0.05, 0.1) is 5.56 Å². The number of aromatic nitrogens is 2. The third-order valence-electron chi connectivity index (χ3n) is 4.83. The van der Waals surface area contributed by atoms with Crippen molar-refractivity contribution in [2.75, 3.05) is 5.32 Å². The number of hydrogen-bond donors (Lipinski definition) is 1. The first-order chi connectivity index (χ1) is 13.9. The van der Waals surface area contributed by atoms with Crippen LogP contribution in [0.2, 0.25) is 10.0 Å². The number of amides is 1. The lowest BCUT2D eigenvalue weighted by Crippen LogP contribution is -2.33. The molecule has 8 heteroatoms. The molecule has 1 unspecified atom stereocenters. The molecular weight excluding hydrogens is 429 g/mol. The minimum Gasteiger partial charge on any atom is -0.312 e. The summed E-state index contributed by atoms with van der Waals surface area (Å²) in [6.45, 7) is 0. The van der Waals surface area contributed by atoms with E-state index in [0.29, 0.717) is 32.3 Å². The molecule has 0 spiro atoms. The zero-order valence-corrected chi connectivity index (χ0v) is 17.8. The molecule has 2 aromatic carbocycles. The topological polar surface area (TPSA) is 64.0 Å². The Hall–Kier alpha value is -2.28. The average molecular weight is 446 g/mol. The summed E-state index contributed by atoms with van der Waals surface area (Å²) in [5, 5.41) is 4.65. The maximum atomic E-state index is 12.9. The molecule has 1 aliphatic rings. The summed E-state index contributed by atoms with van der Waals surface area (Å²) < 4.78 is 1.77. The van der Waals surface area contributed by atoms with Crippen LogP contribution in [-0.2, 0) is 17.6 Å². The van der Waals surface area contributed by atoms with Crippen LogP contribution in [0.25, 0.3) is 0 Å². The van der Waals surface area contributed by atoms with E-state index in [2.05, 4.69) is 10.3 Å². The van der Waals surface area contributed by atoms with Crippen molar-refractivity contribution >= 4 is 46.7 Å². The molecule has 0 fully saturated rings. The molecule has 0 saturated carbocycles. The number of fused-ring (bicyclic) bond motifs is 1. The highest BCUT2D eigenvalue weighted by molar-refractivity contribution is 7.98. The molecule has 0 bridgehead atoms. The van der Waals surface area contributed by atoms with Crippen molar-refractivity contribution in [3.05, 3.63) is 85.6 Å². The molecule has 1 aliphatic heterocycles. The molecular formula is C21H17Cl2N3O2S. The summed E-state index contributed by atoms with van der Waals surface area (Å²) >= 11 is 13.4. The highest BCUT2D eigenvalue weighted by Gasteiger charge is 2.32. The number of halogens is 2. The standard InChI is InChI=1S/C21H17Cl2N3O2S/c1-26-19-18(16(10-17(27)24-19)13-5-7-14(22)8-6-13)20(28)25-21(26)29-11-12-3-2-4-15(23)9-12/h2-9,16H,10-11H2,1H3,(H,24,27). The van der Waals surface area contributed by atoms with E-state index >= 15 is 0 Å². The molecule has 1 atom stereocenters. The van der Waals surface area contributed by atoms with Crippen LogP contribution in [0.1, 0.15) is 29.0 Å².